The summed E-state index contributed by atoms with van der Waals surface area (Å²) in [5, 5.41) is 2.98. The molecule has 1 aromatic rings. The number of benzene rings is 1. The van der Waals surface area contributed by atoms with E-state index in [0.29, 0.717) is 17.6 Å². The second kappa shape index (κ2) is 8.71. The van der Waals surface area contributed by atoms with Crippen molar-refractivity contribution in [3.8, 4) is 5.75 Å². The summed E-state index contributed by atoms with van der Waals surface area (Å²) in [4.78, 5) is 23.7. The van der Waals surface area contributed by atoms with E-state index in [-0.39, 0.29) is 25.2 Å². The molecule has 1 fully saturated rings. The van der Waals surface area contributed by atoms with Crippen LogP contribution in [0.15, 0.2) is 24.3 Å². The Balaban J connectivity index is 1.69. The summed E-state index contributed by atoms with van der Waals surface area (Å²) in [5.41, 5.74) is 0.948. The number of aryl methyl sites for hydroxylation is 1. The SMILES string of the molecule is Cc1ccccc1OCC(=O)OCC(=O)N[C@H]1CCC[C@@H](C)[C@H]1C. The minimum absolute atomic E-state index is 0.170. The van der Waals surface area contributed by atoms with Crippen LogP contribution in [0.2, 0.25) is 0 Å². The molecule has 1 aromatic carbocycles. The van der Waals surface area contributed by atoms with Crippen LogP contribution in [0.1, 0.15) is 38.7 Å². The first-order chi connectivity index (χ1) is 11.5. The number of esters is 1. The van der Waals surface area contributed by atoms with Crippen molar-refractivity contribution in [1.29, 1.82) is 0 Å². The van der Waals surface area contributed by atoms with E-state index < -0.39 is 5.97 Å². The van der Waals surface area contributed by atoms with E-state index in [4.69, 9.17) is 9.47 Å². The predicted octanol–water partition coefficient (Wildman–Crippen LogP) is 2.86. The summed E-state index contributed by atoms with van der Waals surface area (Å²) < 4.78 is 10.4. The molecule has 0 bridgehead atoms. The highest BCUT2D eigenvalue weighted by Crippen LogP contribution is 2.29. The van der Waals surface area contributed by atoms with Crippen molar-refractivity contribution < 1.29 is 19.1 Å². The molecule has 0 heterocycles. The van der Waals surface area contributed by atoms with E-state index in [9.17, 15) is 9.59 Å². The van der Waals surface area contributed by atoms with E-state index in [1.807, 2.05) is 25.1 Å². The Kier molecular flexibility index (Phi) is 6.64. The van der Waals surface area contributed by atoms with Gasteiger partial charge in [0.05, 0.1) is 0 Å². The van der Waals surface area contributed by atoms with Crippen LogP contribution in [0.5, 0.6) is 5.75 Å². The average molecular weight is 333 g/mol. The second-order valence-corrected chi connectivity index (χ2v) is 6.66. The first-order valence-corrected chi connectivity index (χ1v) is 8.60. The van der Waals surface area contributed by atoms with Gasteiger partial charge in [0.25, 0.3) is 5.91 Å². The van der Waals surface area contributed by atoms with E-state index >= 15 is 0 Å². The van der Waals surface area contributed by atoms with E-state index in [0.717, 1.165) is 18.4 Å². The zero-order valence-electron chi connectivity index (χ0n) is 14.7. The van der Waals surface area contributed by atoms with Gasteiger partial charge in [0.1, 0.15) is 5.75 Å². The van der Waals surface area contributed by atoms with Crippen molar-refractivity contribution >= 4 is 11.9 Å². The van der Waals surface area contributed by atoms with Gasteiger partial charge >= 0.3 is 5.97 Å². The third kappa shape index (κ3) is 5.25. The van der Waals surface area contributed by atoms with Crippen LogP contribution >= 0.6 is 0 Å². The number of carbonyl (C=O) groups is 2. The van der Waals surface area contributed by atoms with Gasteiger partial charge in [-0.15, -0.1) is 0 Å². The molecule has 1 N–H and O–H groups in total. The summed E-state index contributed by atoms with van der Waals surface area (Å²) in [6.45, 7) is 5.83. The van der Waals surface area contributed by atoms with Crippen molar-refractivity contribution in [1.82, 2.24) is 5.32 Å². The fraction of sp³-hybridized carbons (Fsp3) is 0.579. The molecular formula is C19H27NO4. The molecule has 0 saturated heterocycles. The van der Waals surface area contributed by atoms with Crippen LogP contribution in [0, 0.1) is 18.8 Å². The first-order valence-electron chi connectivity index (χ1n) is 8.60. The smallest absolute Gasteiger partial charge is 0.344 e. The van der Waals surface area contributed by atoms with E-state index in [1.54, 1.807) is 6.07 Å². The topological polar surface area (TPSA) is 64.6 Å². The van der Waals surface area contributed by atoms with Gasteiger partial charge in [-0.25, -0.2) is 4.79 Å². The zero-order chi connectivity index (χ0) is 17.5. The third-order valence-electron chi connectivity index (χ3n) is 4.86. The first kappa shape index (κ1) is 18.3. The number of hydrogen-bond donors (Lipinski definition) is 1. The molecule has 0 unspecified atom stereocenters. The van der Waals surface area contributed by atoms with Crippen molar-refractivity contribution in [2.75, 3.05) is 13.2 Å². The third-order valence-corrected chi connectivity index (χ3v) is 4.86. The van der Waals surface area contributed by atoms with Gasteiger partial charge in [-0.3, -0.25) is 4.79 Å². The lowest BCUT2D eigenvalue weighted by atomic mass is 9.78. The highest BCUT2D eigenvalue weighted by Gasteiger charge is 2.28. The molecular weight excluding hydrogens is 306 g/mol. The standard InChI is InChI=1S/C19H27NO4/c1-13-8-6-9-16(15(13)3)20-18(21)11-24-19(22)12-23-17-10-5-4-7-14(17)2/h4-5,7,10,13,15-16H,6,8-9,11-12H2,1-3H3,(H,20,21)/t13-,15-,16+/m1/s1. The zero-order valence-corrected chi connectivity index (χ0v) is 14.7. The van der Waals surface area contributed by atoms with Gasteiger partial charge in [-0.2, -0.15) is 0 Å². The van der Waals surface area contributed by atoms with E-state index in [2.05, 4.69) is 19.2 Å². The summed E-state index contributed by atoms with van der Waals surface area (Å²) >= 11 is 0. The Bertz CT molecular complexity index is 572. The molecule has 5 heteroatoms. The Morgan fingerprint density at radius 3 is 2.67 bits per heavy atom. The quantitative estimate of drug-likeness (QED) is 0.813. The maximum Gasteiger partial charge on any atom is 0.344 e. The number of para-hydroxylation sites is 1. The minimum Gasteiger partial charge on any atom is -0.482 e. The molecule has 1 aliphatic carbocycles. The van der Waals surface area contributed by atoms with Gasteiger partial charge in [0.15, 0.2) is 13.2 Å². The van der Waals surface area contributed by atoms with Crippen LogP contribution in [0.3, 0.4) is 0 Å². The monoisotopic (exact) mass is 333 g/mol. The molecule has 1 amide bonds. The van der Waals surface area contributed by atoms with Crippen LogP contribution in [-0.4, -0.2) is 31.1 Å². The average Bonchev–Trinajstić information content (AvgIpc) is 2.56. The molecule has 5 nitrogen and oxygen atoms in total. The Labute approximate surface area is 143 Å². The lowest BCUT2D eigenvalue weighted by Crippen LogP contribution is -2.45. The Morgan fingerprint density at radius 1 is 1.17 bits per heavy atom. The summed E-state index contributed by atoms with van der Waals surface area (Å²) in [6.07, 6.45) is 3.32. The molecule has 0 spiro atoms. The highest BCUT2D eigenvalue weighted by molar-refractivity contribution is 5.81. The van der Waals surface area contributed by atoms with Crippen LogP contribution in [-0.2, 0) is 14.3 Å². The van der Waals surface area contributed by atoms with Crippen molar-refractivity contribution in [2.24, 2.45) is 11.8 Å². The molecule has 1 saturated carbocycles. The molecule has 1 aliphatic rings. The van der Waals surface area contributed by atoms with Crippen molar-refractivity contribution in [3.63, 3.8) is 0 Å². The van der Waals surface area contributed by atoms with Gasteiger partial charge in [-0.1, -0.05) is 44.9 Å². The maximum absolute atomic E-state index is 12.0. The molecule has 24 heavy (non-hydrogen) atoms. The number of hydrogen-bond acceptors (Lipinski definition) is 4. The molecule has 132 valence electrons. The lowest BCUT2D eigenvalue weighted by molar-refractivity contribution is -0.150. The maximum atomic E-state index is 12.0. The normalized spacial score (nSPS) is 23.4. The molecule has 3 atom stereocenters. The Hall–Kier alpha value is -2.04. The number of rotatable bonds is 6. The minimum atomic E-state index is -0.543. The summed E-state index contributed by atoms with van der Waals surface area (Å²) in [6, 6.07) is 7.61. The Morgan fingerprint density at radius 2 is 1.92 bits per heavy atom. The molecule has 0 aromatic heterocycles. The van der Waals surface area contributed by atoms with Gasteiger partial charge < -0.3 is 14.8 Å². The number of carbonyl (C=O) groups excluding carboxylic acids is 2. The van der Waals surface area contributed by atoms with Gasteiger partial charge in [-0.05, 0) is 36.8 Å². The predicted molar refractivity (Wildman–Crippen MR) is 91.7 cm³/mol. The fourth-order valence-electron chi connectivity index (χ4n) is 3.08. The van der Waals surface area contributed by atoms with Crippen LogP contribution < -0.4 is 10.1 Å². The van der Waals surface area contributed by atoms with Crippen LogP contribution in [0.25, 0.3) is 0 Å². The molecule has 0 radical (unpaired) electrons. The largest absolute Gasteiger partial charge is 0.482 e. The van der Waals surface area contributed by atoms with Gasteiger partial charge in [0, 0.05) is 6.04 Å². The van der Waals surface area contributed by atoms with E-state index in [1.165, 1.54) is 6.42 Å². The highest BCUT2D eigenvalue weighted by atomic mass is 16.6. The summed E-state index contributed by atoms with van der Waals surface area (Å²) in [5.74, 6) is 0.907. The van der Waals surface area contributed by atoms with Crippen molar-refractivity contribution in [3.05, 3.63) is 29.8 Å². The molecule has 2 rings (SSSR count). The second-order valence-electron chi connectivity index (χ2n) is 6.66. The summed E-state index contributed by atoms with van der Waals surface area (Å²) in [7, 11) is 0. The van der Waals surface area contributed by atoms with Gasteiger partial charge in [0.2, 0.25) is 0 Å². The molecule has 0 aliphatic heterocycles. The van der Waals surface area contributed by atoms with Crippen molar-refractivity contribution in [2.45, 2.75) is 46.1 Å². The van der Waals surface area contributed by atoms with Crippen LogP contribution in [0.4, 0.5) is 0 Å². The number of amides is 1. The fourth-order valence-corrected chi connectivity index (χ4v) is 3.08. The number of nitrogens with one attached hydrogen (secondary N) is 1. The number of ether oxygens (including phenoxy) is 2. The lowest BCUT2D eigenvalue weighted by Gasteiger charge is -2.34.